The van der Waals surface area contributed by atoms with Gasteiger partial charge in [-0.1, -0.05) is 6.42 Å². The summed E-state index contributed by atoms with van der Waals surface area (Å²) in [7, 11) is 0. The molecule has 7 nitrogen and oxygen atoms in total. The number of halogens is 1. The summed E-state index contributed by atoms with van der Waals surface area (Å²) in [5, 5.41) is 7.46. The molecule has 0 saturated carbocycles. The molecule has 0 bridgehead atoms. The molecule has 2 aromatic rings. The molecule has 0 amide bonds. The predicted octanol–water partition coefficient (Wildman–Crippen LogP) is 1.61. The van der Waals surface area contributed by atoms with E-state index in [-0.39, 0.29) is 5.28 Å². The lowest BCUT2D eigenvalue weighted by atomic mass is 10.1. The number of nitrogens with one attached hydrogen (secondary N) is 1. The summed E-state index contributed by atoms with van der Waals surface area (Å²) in [5.41, 5.74) is 0. The maximum Gasteiger partial charge on any atom is 0.256 e. The molecule has 0 aromatic carbocycles. The zero-order valence-electron chi connectivity index (χ0n) is 11.7. The van der Waals surface area contributed by atoms with Gasteiger partial charge in [0.15, 0.2) is 0 Å². The SMILES string of the molecule is Clc1nc(NCCN2CCCCC2)nc(-n2cccn2)n1. The molecule has 0 radical (unpaired) electrons. The number of nitrogens with zero attached hydrogens (tertiary/aromatic N) is 6. The first-order valence-electron chi connectivity index (χ1n) is 7.19. The van der Waals surface area contributed by atoms with Crippen LogP contribution < -0.4 is 5.32 Å². The Kier molecular flexibility index (Phi) is 4.62. The highest BCUT2D eigenvalue weighted by atomic mass is 35.5. The molecular weight excluding hydrogens is 290 g/mol. The van der Waals surface area contributed by atoms with Gasteiger partial charge in [-0.25, -0.2) is 4.68 Å². The molecule has 1 aliphatic rings. The number of likely N-dealkylation sites (tertiary alicyclic amines) is 1. The zero-order valence-corrected chi connectivity index (χ0v) is 12.5. The molecule has 3 rings (SSSR count). The molecule has 0 atom stereocenters. The maximum atomic E-state index is 5.94. The Morgan fingerprint density at radius 2 is 2.00 bits per heavy atom. The normalized spacial score (nSPS) is 16.0. The third kappa shape index (κ3) is 3.89. The summed E-state index contributed by atoms with van der Waals surface area (Å²) in [6, 6.07) is 1.81. The van der Waals surface area contributed by atoms with Crippen molar-refractivity contribution in [2.45, 2.75) is 19.3 Å². The lowest BCUT2D eigenvalue weighted by Crippen LogP contribution is -2.34. The van der Waals surface area contributed by atoms with Crippen molar-refractivity contribution < 1.29 is 0 Å². The van der Waals surface area contributed by atoms with Gasteiger partial charge in [-0.05, 0) is 43.6 Å². The van der Waals surface area contributed by atoms with Gasteiger partial charge in [0.2, 0.25) is 11.2 Å². The van der Waals surface area contributed by atoms with Gasteiger partial charge < -0.3 is 10.2 Å². The lowest BCUT2D eigenvalue weighted by molar-refractivity contribution is 0.237. The van der Waals surface area contributed by atoms with E-state index in [1.807, 2.05) is 0 Å². The van der Waals surface area contributed by atoms with Crippen LogP contribution in [0.15, 0.2) is 18.5 Å². The number of anilines is 1. The first-order chi connectivity index (χ1) is 10.3. The van der Waals surface area contributed by atoms with Crippen molar-refractivity contribution in [2.24, 2.45) is 0 Å². The van der Waals surface area contributed by atoms with Crippen molar-refractivity contribution in [3.8, 4) is 5.95 Å². The van der Waals surface area contributed by atoms with E-state index < -0.39 is 0 Å². The van der Waals surface area contributed by atoms with E-state index in [1.165, 1.54) is 32.4 Å². The van der Waals surface area contributed by atoms with Crippen molar-refractivity contribution in [3.63, 3.8) is 0 Å². The molecule has 0 aliphatic carbocycles. The Morgan fingerprint density at radius 1 is 1.14 bits per heavy atom. The van der Waals surface area contributed by atoms with Crippen LogP contribution >= 0.6 is 11.6 Å². The molecule has 112 valence electrons. The van der Waals surface area contributed by atoms with Crippen molar-refractivity contribution in [1.29, 1.82) is 0 Å². The largest absolute Gasteiger partial charge is 0.353 e. The molecule has 1 saturated heterocycles. The van der Waals surface area contributed by atoms with Gasteiger partial charge in [-0.2, -0.15) is 20.1 Å². The van der Waals surface area contributed by atoms with Gasteiger partial charge in [-0.3, -0.25) is 0 Å². The van der Waals surface area contributed by atoms with Crippen molar-refractivity contribution >= 4 is 17.5 Å². The van der Waals surface area contributed by atoms with Crippen molar-refractivity contribution in [2.75, 3.05) is 31.5 Å². The number of rotatable bonds is 5. The van der Waals surface area contributed by atoms with E-state index in [0.717, 1.165) is 13.1 Å². The van der Waals surface area contributed by atoms with Gasteiger partial charge in [0.1, 0.15) is 0 Å². The van der Waals surface area contributed by atoms with Gasteiger partial charge in [-0.15, -0.1) is 0 Å². The number of aromatic nitrogens is 5. The van der Waals surface area contributed by atoms with E-state index in [4.69, 9.17) is 11.6 Å². The van der Waals surface area contributed by atoms with Crippen LogP contribution in [0.1, 0.15) is 19.3 Å². The van der Waals surface area contributed by atoms with Crippen LogP contribution in [0.5, 0.6) is 0 Å². The fourth-order valence-corrected chi connectivity index (χ4v) is 2.57. The smallest absolute Gasteiger partial charge is 0.256 e. The molecule has 21 heavy (non-hydrogen) atoms. The zero-order chi connectivity index (χ0) is 14.5. The second kappa shape index (κ2) is 6.82. The first-order valence-corrected chi connectivity index (χ1v) is 7.57. The Balaban J connectivity index is 1.60. The second-order valence-electron chi connectivity index (χ2n) is 5.01. The Bertz CT molecular complexity index is 566. The predicted molar refractivity (Wildman–Crippen MR) is 80.7 cm³/mol. The minimum Gasteiger partial charge on any atom is -0.353 e. The van der Waals surface area contributed by atoms with Crippen molar-refractivity contribution in [3.05, 3.63) is 23.7 Å². The van der Waals surface area contributed by atoms with Gasteiger partial charge in [0.25, 0.3) is 5.95 Å². The highest BCUT2D eigenvalue weighted by molar-refractivity contribution is 6.28. The molecule has 8 heteroatoms. The topological polar surface area (TPSA) is 71.8 Å². The third-order valence-corrected chi connectivity index (χ3v) is 3.63. The summed E-state index contributed by atoms with van der Waals surface area (Å²) >= 11 is 5.94. The fourth-order valence-electron chi connectivity index (χ4n) is 2.42. The Morgan fingerprint density at radius 3 is 2.76 bits per heavy atom. The minimum atomic E-state index is 0.163. The molecule has 0 unspecified atom stereocenters. The maximum absolute atomic E-state index is 5.94. The van der Waals surface area contributed by atoms with Gasteiger partial charge in [0.05, 0.1) is 0 Å². The van der Waals surface area contributed by atoms with E-state index >= 15 is 0 Å². The molecular formula is C13H18ClN7. The summed E-state index contributed by atoms with van der Waals surface area (Å²) < 4.78 is 1.56. The highest BCUT2D eigenvalue weighted by Gasteiger charge is 2.10. The molecule has 1 fully saturated rings. The molecule has 0 spiro atoms. The van der Waals surface area contributed by atoms with Crippen LogP contribution in [-0.2, 0) is 0 Å². The monoisotopic (exact) mass is 307 g/mol. The summed E-state index contributed by atoms with van der Waals surface area (Å²) in [4.78, 5) is 14.9. The minimum absolute atomic E-state index is 0.163. The molecule has 1 aliphatic heterocycles. The number of hydrogen-bond donors (Lipinski definition) is 1. The molecule has 1 N–H and O–H groups in total. The standard InChI is InChI=1S/C13H18ClN7/c14-11-17-12(15-6-10-20-7-2-1-3-8-20)19-13(18-11)21-9-4-5-16-21/h4-5,9H,1-3,6-8,10H2,(H,15,17,18,19). The quantitative estimate of drug-likeness (QED) is 0.905. The van der Waals surface area contributed by atoms with Gasteiger partial charge in [0, 0.05) is 25.5 Å². The summed E-state index contributed by atoms with van der Waals surface area (Å²) in [5.74, 6) is 0.901. The van der Waals surface area contributed by atoms with Crippen LogP contribution in [0.3, 0.4) is 0 Å². The Hall–Kier alpha value is -1.73. The lowest BCUT2D eigenvalue weighted by Gasteiger charge is -2.26. The number of hydrogen-bond acceptors (Lipinski definition) is 6. The van der Waals surface area contributed by atoms with Crippen LogP contribution in [0, 0.1) is 0 Å². The number of piperidine rings is 1. The first kappa shape index (κ1) is 14.2. The third-order valence-electron chi connectivity index (χ3n) is 3.47. The van der Waals surface area contributed by atoms with Gasteiger partial charge >= 0.3 is 0 Å². The van der Waals surface area contributed by atoms with E-state index in [2.05, 4.69) is 30.3 Å². The fraction of sp³-hybridized carbons (Fsp3) is 0.538. The van der Waals surface area contributed by atoms with E-state index in [1.54, 1.807) is 23.1 Å². The average Bonchev–Trinajstić information content (AvgIpc) is 3.02. The highest BCUT2D eigenvalue weighted by Crippen LogP contribution is 2.10. The summed E-state index contributed by atoms with van der Waals surface area (Å²) in [6.07, 6.45) is 7.37. The van der Waals surface area contributed by atoms with E-state index in [9.17, 15) is 0 Å². The average molecular weight is 308 g/mol. The van der Waals surface area contributed by atoms with Crippen LogP contribution in [0.2, 0.25) is 5.28 Å². The summed E-state index contributed by atoms with van der Waals surface area (Å²) in [6.45, 7) is 4.13. The van der Waals surface area contributed by atoms with Crippen molar-refractivity contribution in [1.82, 2.24) is 29.6 Å². The second-order valence-corrected chi connectivity index (χ2v) is 5.35. The van der Waals surface area contributed by atoms with Crippen LogP contribution in [-0.4, -0.2) is 55.8 Å². The van der Waals surface area contributed by atoms with E-state index in [0.29, 0.717) is 11.9 Å². The Labute approximate surface area is 128 Å². The molecule has 2 aromatic heterocycles. The van der Waals surface area contributed by atoms with Crippen LogP contribution in [0.25, 0.3) is 5.95 Å². The van der Waals surface area contributed by atoms with Crippen LogP contribution in [0.4, 0.5) is 5.95 Å². The molecule has 3 heterocycles.